The zero-order chi connectivity index (χ0) is 32.6. The average Bonchev–Trinajstić information content (AvgIpc) is 2.95. The van der Waals surface area contributed by atoms with E-state index in [1.54, 1.807) is 13.0 Å². The third-order valence-electron chi connectivity index (χ3n) is 8.99. The van der Waals surface area contributed by atoms with E-state index < -0.39 is 53.4 Å². The summed E-state index contributed by atoms with van der Waals surface area (Å²) >= 11 is 0. The van der Waals surface area contributed by atoms with E-state index >= 15 is 0 Å². The highest BCUT2D eigenvalue weighted by molar-refractivity contribution is 5.75. The quantitative estimate of drug-likeness (QED) is 0.335. The lowest BCUT2D eigenvalue weighted by atomic mass is 9.81. The maximum Gasteiger partial charge on any atom is 0.416 e. The largest absolute Gasteiger partial charge is 0.481 e. The van der Waals surface area contributed by atoms with Gasteiger partial charge in [-0.3, -0.25) is 9.69 Å². The number of aliphatic carboxylic acids is 1. The molecule has 1 unspecified atom stereocenters. The standard InChI is InChI=1S/C31H36F7N3O3/c1-18-12-25(32)8-9-26(18)27-17-40(16-20-4-6-21(7-5-20)28(42)43)10-11-41(27)29(44)39(3)19(2)22-13-23(30(33,34)35)15-24(14-22)31(36,37)38/h8-9,12-15,19-21,27H,4-7,10-11,16-17H2,1-3H3,(H,42,43)/t19-,20-,21-,27?/m1/s1. The fraction of sp³-hybridized carbons (Fsp3) is 0.548. The van der Waals surface area contributed by atoms with Gasteiger partial charge in [-0.2, -0.15) is 26.3 Å². The van der Waals surface area contributed by atoms with Gasteiger partial charge in [0.05, 0.1) is 29.1 Å². The molecule has 1 saturated carbocycles. The molecule has 2 fully saturated rings. The number of piperazine rings is 1. The van der Waals surface area contributed by atoms with E-state index in [-0.39, 0.29) is 30.0 Å². The number of rotatable bonds is 6. The van der Waals surface area contributed by atoms with Crippen molar-refractivity contribution in [2.24, 2.45) is 11.8 Å². The minimum absolute atomic E-state index is 0.0543. The Hall–Kier alpha value is -3.35. The summed E-state index contributed by atoms with van der Waals surface area (Å²) in [4.78, 5) is 30.1. The van der Waals surface area contributed by atoms with Gasteiger partial charge in [0.2, 0.25) is 0 Å². The number of halogens is 7. The minimum Gasteiger partial charge on any atom is -0.481 e. The van der Waals surface area contributed by atoms with E-state index in [2.05, 4.69) is 4.90 Å². The molecule has 242 valence electrons. The lowest BCUT2D eigenvalue weighted by Gasteiger charge is -2.45. The van der Waals surface area contributed by atoms with Crippen molar-refractivity contribution < 1.29 is 45.4 Å². The smallest absolute Gasteiger partial charge is 0.416 e. The number of hydrogen-bond donors (Lipinski definition) is 1. The van der Waals surface area contributed by atoms with Gasteiger partial charge in [0.1, 0.15) is 5.82 Å². The first-order chi connectivity index (χ1) is 20.5. The van der Waals surface area contributed by atoms with Crippen molar-refractivity contribution in [3.8, 4) is 0 Å². The Bertz CT molecular complexity index is 1320. The number of aryl methyl sites for hydroxylation is 1. The summed E-state index contributed by atoms with van der Waals surface area (Å²) in [5, 5.41) is 9.31. The number of benzene rings is 2. The maximum absolute atomic E-state index is 14.0. The Labute approximate surface area is 251 Å². The third-order valence-corrected chi connectivity index (χ3v) is 8.99. The molecule has 6 nitrogen and oxygen atoms in total. The summed E-state index contributed by atoms with van der Waals surface area (Å²) in [5.41, 5.74) is -1.95. The molecule has 13 heteroatoms. The van der Waals surface area contributed by atoms with Crippen LogP contribution in [0.25, 0.3) is 0 Å². The molecule has 4 rings (SSSR count). The van der Waals surface area contributed by atoms with Crippen molar-refractivity contribution in [3.63, 3.8) is 0 Å². The van der Waals surface area contributed by atoms with E-state index in [0.29, 0.717) is 55.7 Å². The Morgan fingerprint density at radius 1 is 0.955 bits per heavy atom. The van der Waals surface area contributed by atoms with Crippen molar-refractivity contribution >= 4 is 12.0 Å². The Kier molecular flexibility index (Phi) is 9.87. The first kappa shape index (κ1) is 33.5. The van der Waals surface area contributed by atoms with Crippen molar-refractivity contribution in [3.05, 3.63) is 70.0 Å². The molecule has 0 radical (unpaired) electrons. The maximum atomic E-state index is 14.0. The van der Waals surface area contributed by atoms with Gasteiger partial charge in [0.25, 0.3) is 0 Å². The molecule has 1 N–H and O–H groups in total. The number of urea groups is 1. The molecule has 2 amide bonds. The second-order valence-corrected chi connectivity index (χ2v) is 11.9. The van der Waals surface area contributed by atoms with Gasteiger partial charge in [-0.1, -0.05) is 6.07 Å². The molecule has 0 bridgehead atoms. The second-order valence-electron chi connectivity index (χ2n) is 11.9. The van der Waals surface area contributed by atoms with Crippen LogP contribution < -0.4 is 0 Å². The summed E-state index contributed by atoms with van der Waals surface area (Å²) in [6.07, 6.45) is -7.35. The monoisotopic (exact) mass is 631 g/mol. The normalized spacial score (nSPS) is 22.5. The predicted octanol–water partition coefficient (Wildman–Crippen LogP) is 7.53. The van der Waals surface area contributed by atoms with Crippen LogP contribution in [0.3, 0.4) is 0 Å². The first-order valence-electron chi connectivity index (χ1n) is 14.5. The summed E-state index contributed by atoms with van der Waals surface area (Å²) in [6.45, 7) is 4.82. The minimum atomic E-state index is -5.02. The number of carboxylic acids is 1. The SMILES string of the molecule is Cc1cc(F)ccc1C1CN(C[C@H]2CC[C@H](C(=O)O)CC2)CCN1C(=O)N(C)[C@H](C)c1cc(C(F)(F)F)cc(C(F)(F)F)c1. The van der Waals surface area contributed by atoms with E-state index in [9.17, 15) is 45.4 Å². The number of carbonyl (C=O) groups excluding carboxylic acids is 1. The van der Waals surface area contributed by atoms with Crippen LogP contribution in [0.4, 0.5) is 35.5 Å². The predicted molar refractivity (Wildman–Crippen MR) is 148 cm³/mol. The molecular formula is C31H36F7N3O3. The Morgan fingerprint density at radius 2 is 1.55 bits per heavy atom. The molecule has 1 aliphatic heterocycles. The van der Waals surface area contributed by atoms with E-state index in [1.165, 1.54) is 31.0 Å². The molecule has 0 spiro atoms. The Balaban J connectivity index is 1.58. The zero-order valence-electron chi connectivity index (χ0n) is 24.7. The molecule has 2 aliphatic rings. The van der Waals surface area contributed by atoms with Crippen LogP contribution in [0.2, 0.25) is 0 Å². The summed E-state index contributed by atoms with van der Waals surface area (Å²) < 4.78 is 95.0. The average molecular weight is 632 g/mol. The molecule has 1 aliphatic carbocycles. The van der Waals surface area contributed by atoms with E-state index in [1.807, 2.05) is 0 Å². The van der Waals surface area contributed by atoms with Crippen LogP contribution in [0.5, 0.6) is 0 Å². The fourth-order valence-corrected chi connectivity index (χ4v) is 6.28. The fourth-order valence-electron chi connectivity index (χ4n) is 6.28. The molecule has 1 heterocycles. The molecule has 2 aromatic carbocycles. The van der Waals surface area contributed by atoms with Gasteiger partial charge in [0.15, 0.2) is 0 Å². The topological polar surface area (TPSA) is 64.1 Å². The molecule has 44 heavy (non-hydrogen) atoms. The summed E-state index contributed by atoms with van der Waals surface area (Å²) in [5.74, 6) is -1.32. The Morgan fingerprint density at radius 3 is 2.07 bits per heavy atom. The highest BCUT2D eigenvalue weighted by Gasteiger charge is 2.40. The number of amides is 2. The number of nitrogens with zero attached hydrogens (tertiary/aromatic N) is 3. The zero-order valence-corrected chi connectivity index (χ0v) is 24.7. The van der Waals surface area contributed by atoms with Gasteiger partial charge in [-0.15, -0.1) is 0 Å². The van der Waals surface area contributed by atoms with Crippen LogP contribution in [-0.2, 0) is 17.1 Å². The van der Waals surface area contributed by atoms with Gasteiger partial charge >= 0.3 is 24.4 Å². The van der Waals surface area contributed by atoms with Gasteiger partial charge in [0, 0.05) is 33.2 Å². The van der Waals surface area contributed by atoms with Crippen molar-refractivity contribution in [1.82, 2.24) is 14.7 Å². The third kappa shape index (κ3) is 7.65. The first-order valence-corrected chi connectivity index (χ1v) is 14.5. The van der Waals surface area contributed by atoms with Gasteiger partial charge < -0.3 is 14.9 Å². The second kappa shape index (κ2) is 12.9. The molecule has 1 saturated heterocycles. The van der Waals surface area contributed by atoms with Crippen molar-refractivity contribution in [2.75, 3.05) is 33.2 Å². The van der Waals surface area contributed by atoms with Crippen LogP contribution >= 0.6 is 0 Å². The summed E-state index contributed by atoms with van der Waals surface area (Å²) in [6, 6.07) is 3.24. The van der Waals surface area contributed by atoms with Crippen molar-refractivity contribution in [2.45, 2.75) is 64.0 Å². The highest BCUT2D eigenvalue weighted by Crippen LogP contribution is 2.39. The van der Waals surface area contributed by atoms with Crippen LogP contribution in [0.1, 0.15) is 72.5 Å². The highest BCUT2D eigenvalue weighted by atomic mass is 19.4. The van der Waals surface area contributed by atoms with E-state index in [0.717, 1.165) is 17.7 Å². The van der Waals surface area contributed by atoms with Crippen LogP contribution in [0, 0.1) is 24.6 Å². The number of hydrogen-bond acceptors (Lipinski definition) is 3. The molecule has 2 aromatic rings. The number of carboxylic acid groups (broad SMARTS) is 1. The van der Waals surface area contributed by atoms with Gasteiger partial charge in [-0.05, 0) is 92.5 Å². The molecule has 2 atom stereocenters. The lowest BCUT2D eigenvalue weighted by molar-refractivity contribution is -0.144. The summed E-state index contributed by atoms with van der Waals surface area (Å²) in [7, 11) is 1.34. The van der Waals surface area contributed by atoms with E-state index in [4.69, 9.17) is 0 Å². The van der Waals surface area contributed by atoms with Crippen LogP contribution in [0.15, 0.2) is 36.4 Å². The number of alkyl halides is 6. The lowest BCUT2D eigenvalue weighted by Crippen LogP contribution is -2.54. The number of carbonyl (C=O) groups is 2. The molecule has 0 aromatic heterocycles. The van der Waals surface area contributed by atoms with Crippen LogP contribution in [-0.4, -0.2) is 65.0 Å². The van der Waals surface area contributed by atoms with Crippen molar-refractivity contribution in [1.29, 1.82) is 0 Å². The molecular weight excluding hydrogens is 595 g/mol. The van der Waals surface area contributed by atoms with Gasteiger partial charge in [-0.25, -0.2) is 9.18 Å².